The molecule has 0 bridgehead atoms. The minimum absolute atomic E-state index is 0.294. The zero-order valence-electron chi connectivity index (χ0n) is 16.5. The molecule has 1 amide bonds. The van der Waals surface area contributed by atoms with Crippen LogP contribution >= 0.6 is 11.6 Å². The molecule has 8 nitrogen and oxygen atoms in total. The van der Waals surface area contributed by atoms with Gasteiger partial charge in [-0.05, 0) is 48.4 Å². The van der Waals surface area contributed by atoms with Crippen molar-refractivity contribution < 1.29 is 22.7 Å². The quantitative estimate of drug-likeness (QED) is 0.503. The van der Waals surface area contributed by atoms with Crippen molar-refractivity contribution in [3.63, 3.8) is 0 Å². The molecule has 0 unspecified atom stereocenters. The molecule has 2 aromatic carbocycles. The third kappa shape index (κ3) is 6.10. The molecule has 156 valence electrons. The van der Waals surface area contributed by atoms with Crippen molar-refractivity contribution in [3.05, 3.63) is 52.5 Å². The summed E-state index contributed by atoms with van der Waals surface area (Å²) in [6.45, 7) is 1.36. The number of nitrogens with one attached hydrogen (secondary N) is 1. The zero-order chi connectivity index (χ0) is 21.6. The SMILES string of the molecule is COc1ccc(/C=N\NC(=O)CN(c2ccc(C)c(Cl)c2)S(C)(=O)=O)cc1OC. The number of anilines is 1. The van der Waals surface area contributed by atoms with E-state index in [4.69, 9.17) is 21.1 Å². The zero-order valence-corrected chi connectivity index (χ0v) is 18.0. The van der Waals surface area contributed by atoms with Crippen molar-refractivity contribution >= 4 is 39.4 Å². The summed E-state index contributed by atoms with van der Waals surface area (Å²) >= 11 is 6.08. The van der Waals surface area contributed by atoms with Gasteiger partial charge in [0.15, 0.2) is 11.5 Å². The van der Waals surface area contributed by atoms with Crippen LogP contribution in [0.4, 0.5) is 5.69 Å². The molecule has 0 atom stereocenters. The lowest BCUT2D eigenvalue weighted by atomic mass is 10.2. The Hall–Kier alpha value is -2.78. The highest BCUT2D eigenvalue weighted by Gasteiger charge is 2.21. The second kappa shape index (κ2) is 9.62. The summed E-state index contributed by atoms with van der Waals surface area (Å²) in [6.07, 6.45) is 2.42. The molecule has 0 saturated heterocycles. The van der Waals surface area contributed by atoms with Crippen LogP contribution in [0.1, 0.15) is 11.1 Å². The van der Waals surface area contributed by atoms with Crippen molar-refractivity contribution in [1.82, 2.24) is 5.43 Å². The Bertz CT molecular complexity index is 1020. The molecule has 0 fully saturated rings. The number of hydrogen-bond acceptors (Lipinski definition) is 6. The van der Waals surface area contributed by atoms with E-state index in [1.165, 1.54) is 26.5 Å². The fourth-order valence-corrected chi connectivity index (χ4v) is 3.44. The summed E-state index contributed by atoms with van der Waals surface area (Å²) < 4.78 is 35.6. The fraction of sp³-hybridized carbons (Fsp3) is 0.263. The van der Waals surface area contributed by atoms with Gasteiger partial charge in [0, 0.05) is 5.02 Å². The Morgan fingerprint density at radius 3 is 2.45 bits per heavy atom. The van der Waals surface area contributed by atoms with E-state index in [1.807, 2.05) is 0 Å². The van der Waals surface area contributed by atoms with Crippen molar-refractivity contribution in [2.75, 3.05) is 31.3 Å². The highest BCUT2D eigenvalue weighted by atomic mass is 35.5. The van der Waals surface area contributed by atoms with Gasteiger partial charge in [0.25, 0.3) is 5.91 Å². The van der Waals surface area contributed by atoms with Crippen LogP contribution in [0, 0.1) is 6.92 Å². The molecule has 2 rings (SSSR count). The number of sulfonamides is 1. The molecule has 2 aromatic rings. The van der Waals surface area contributed by atoms with Crippen LogP contribution in [0.5, 0.6) is 11.5 Å². The van der Waals surface area contributed by atoms with Crippen molar-refractivity contribution in [3.8, 4) is 11.5 Å². The molecule has 0 aliphatic heterocycles. The number of halogens is 1. The second-order valence-corrected chi connectivity index (χ2v) is 8.42. The van der Waals surface area contributed by atoms with E-state index >= 15 is 0 Å². The second-order valence-electron chi connectivity index (χ2n) is 6.11. The number of carbonyl (C=O) groups excluding carboxylic acids is 1. The number of hydrogen-bond donors (Lipinski definition) is 1. The molecular formula is C19H22ClN3O5S. The monoisotopic (exact) mass is 439 g/mol. The minimum atomic E-state index is -3.70. The summed E-state index contributed by atoms with van der Waals surface area (Å²) in [5.74, 6) is 0.473. The van der Waals surface area contributed by atoms with Crippen LogP contribution in [0.2, 0.25) is 5.02 Å². The smallest absolute Gasteiger partial charge is 0.260 e. The first-order valence-electron chi connectivity index (χ1n) is 8.43. The summed E-state index contributed by atoms with van der Waals surface area (Å²) in [7, 11) is -0.665. The summed E-state index contributed by atoms with van der Waals surface area (Å²) in [5, 5.41) is 4.27. The Labute approximate surface area is 175 Å². The van der Waals surface area contributed by atoms with E-state index in [9.17, 15) is 13.2 Å². The first kappa shape index (κ1) is 22.5. The summed E-state index contributed by atoms with van der Waals surface area (Å²) in [6, 6.07) is 9.89. The molecule has 0 spiro atoms. The first-order valence-corrected chi connectivity index (χ1v) is 10.7. The van der Waals surface area contributed by atoms with E-state index in [0.717, 1.165) is 16.1 Å². The molecule has 0 heterocycles. The largest absolute Gasteiger partial charge is 0.493 e. The number of ether oxygens (including phenoxy) is 2. The molecule has 0 aromatic heterocycles. The Balaban J connectivity index is 2.11. The normalized spacial score (nSPS) is 11.3. The Morgan fingerprint density at radius 2 is 1.86 bits per heavy atom. The molecule has 10 heteroatoms. The maximum atomic E-state index is 12.2. The van der Waals surface area contributed by atoms with E-state index in [0.29, 0.717) is 27.8 Å². The van der Waals surface area contributed by atoms with Gasteiger partial charge >= 0.3 is 0 Å². The number of rotatable bonds is 8. The number of amides is 1. The molecule has 0 saturated carbocycles. The average molecular weight is 440 g/mol. The summed E-state index contributed by atoms with van der Waals surface area (Å²) in [5.41, 5.74) is 4.07. The van der Waals surface area contributed by atoms with Gasteiger partial charge in [-0.1, -0.05) is 17.7 Å². The number of hydrazone groups is 1. The van der Waals surface area contributed by atoms with Crippen LogP contribution in [-0.2, 0) is 14.8 Å². The van der Waals surface area contributed by atoms with Crippen LogP contribution in [0.25, 0.3) is 0 Å². The number of benzene rings is 2. The standard InChI is InChI=1S/C19H22ClN3O5S/c1-13-5-7-15(10-16(13)20)23(29(4,25)26)12-19(24)22-21-11-14-6-8-17(27-2)18(9-14)28-3/h5-11H,12H2,1-4H3,(H,22,24)/b21-11-. The average Bonchev–Trinajstić information content (AvgIpc) is 2.67. The van der Waals surface area contributed by atoms with E-state index in [-0.39, 0.29) is 0 Å². The van der Waals surface area contributed by atoms with Gasteiger partial charge in [-0.3, -0.25) is 9.10 Å². The Kier molecular flexibility index (Phi) is 7.46. The lowest BCUT2D eigenvalue weighted by Crippen LogP contribution is -2.39. The van der Waals surface area contributed by atoms with Crippen molar-refractivity contribution in [1.29, 1.82) is 0 Å². The van der Waals surface area contributed by atoms with Gasteiger partial charge in [0.1, 0.15) is 6.54 Å². The highest BCUT2D eigenvalue weighted by Crippen LogP contribution is 2.27. The number of aryl methyl sites for hydroxylation is 1. The number of nitrogens with zero attached hydrogens (tertiary/aromatic N) is 2. The third-order valence-electron chi connectivity index (χ3n) is 3.94. The van der Waals surface area contributed by atoms with Crippen molar-refractivity contribution in [2.45, 2.75) is 6.92 Å². The molecule has 0 aliphatic carbocycles. The lowest BCUT2D eigenvalue weighted by molar-refractivity contribution is -0.119. The van der Waals surface area contributed by atoms with Gasteiger partial charge < -0.3 is 9.47 Å². The summed E-state index contributed by atoms with van der Waals surface area (Å²) in [4.78, 5) is 12.2. The van der Waals surface area contributed by atoms with Crippen LogP contribution in [0.15, 0.2) is 41.5 Å². The maximum absolute atomic E-state index is 12.2. The molecule has 0 radical (unpaired) electrons. The van der Waals surface area contributed by atoms with Crippen LogP contribution in [0.3, 0.4) is 0 Å². The third-order valence-corrected chi connectivity index (χ3v) is 5.49. The van der Waals surface area contributed by atoms with Gasteiger partial charge in [0.2, 0.25) is 10.0 Å². The molecule has 0 aliphatic rings. The first-order chi connectivity index (χ1) is 13.7. The van der Waals surface area contributed by atoms with Crippen LogP contribution in [-0.4, -0.2) is 47.6 Å². The van der Waals surface area contributed by atoms with E-state index < -0.39 is 22.5 Å². The maximum Gasteiger partial charge on any atom is 0.260 e. The predicted molar refractivity (Wildman–Crippen MR) is 114 cm³/mol. The number of carbonyl (C=O) groups is 1. The Morgan fingerprint density at radius 1 is 1.17 bits per heavy atom. The molecule has 29 heavy (non-hydrogen) atoms. The van der Waals surface area contributed by atoms with Gasteiger partial charge in [0.05, 0.1) is 32.4 Å². The van der Waals surface area contributed by atoms with E-state index in [2.05, 4.69) is 10.5 Å². The molecule has 1 N–H and O–H groups in total. The highest BCUT2D eigenvalue weighted by molar-refractivity contribution is 7.92. The van der Waals surface area contributed by atoms with Gasteiger partial charge in [-0.2, -0.15) is 5.10 Å². The van der Waals surface area contributed by atoms with Gasteiger partial charge in [-0.25, -0.2) is 13.8 Å². The lowest BCUT2D eigenvalue weighted by Gasteiger charge is -2.21. The van der Waals surface area contributed by atoms with Crippen molar-refractivity contribution in [2.24, 2.45) is 5.10 Å². The molecular weight excluding hydrogens is 418 g/mol. The minimum Gasteiger partial charge on any atom is -0.493 e. The fourth-order valence-electron chi connectivity index (χ4n) is 2.41. The van der Waals surface area contributed by atoms with Crippen LogP contribution < -0.4 is 19.2 Å². The number of methoxy groups -OCH3 is 2. The topological polar surface area (TPSA) is 97.3 Å². The van der Waals surface area contributed by atoms with E-state index in [1.54, 1.807) is 37.3 Å². The van der Waals surface area contributed by atoms with Gasteiger partial charge in [-0.15, -0.1) is 0 Å². The predicted octanol–water partition coefficient (Wildman–Crippen LogP) is 2.58.